The number of aryl methyl sites for hydroxylation is 1. The fourth-order valence-electron chi connectivity index (χ4n) is 3.00. The van der Waals surface area contributed by atoms with E-state index in [1.165, 1.54) is 21.5 Å². The number of hydrogen-bond acceptors (Lipinski definition) is 5. The maximum atomic E-state index is 5.77. The molecule has 6 nitrogen and oxygen atoms in total. The molecule has 0 N–H and O–H groups in total. The smallest absolute Gasteiger partial charge is 0.322 e. The van der Waals surface area contributed by atoms with Crippen molar-refractivity contribution in [3.63, 3.8) is 0 Å². The SMILES string of the molecule is Cc1ccc(C(C)(C)c2ccc(Oc3ncc(-n4nccn4)cn3)cc2)cc1. The maximum Gasteiger partial charge on any atom is 0.322 e. The summed E-state index contributed by atoms with van der Waals surface area (Å²) in [5, 5.41) is 8.09. The molecule has 0 bridgehead atoms. The Morgan fingerprint density at radius 1 is 0.786 bits per heavy atom. The Balaban J connectivity index is 1.49. The monoisotopic (exact) mass is 371 g/mol. The van der Waals surface area contributed by atoms with E-state index in [4.69, 9.17) is 4.74 Å². The largest absolute Gasteiger partial charge is 0.424 e. The first-order chi connectivity index (χ1) is 13.5. The summed E-state index contributed by atoms with van der Waals surface area (Å²) in [7, 11) is 0. The molecule has 0 aliphatic carbocycles. The van der Waals surface area contributed by atoms with Crippen molar-refractivity contribution in [3.8, 4) is 17.4 Å². The molecule has 0 atom stereocenters. The average molecular weight is 371 g/mol. The highest BCUT2D eigenvalue weighted by Gasteiger charge is 2.22. The van der Waals surface area contributed by atoms with E-state index in [2.05, 4.69) is 77.3 Å². The Bertz CT molecular complexity index is 1040. The minimum absolute atomic E-state index is 0.0961. The minimum atomic E-state index is -0.0961. The highest BCUT2D eigenvalue weighted by atomic mass is 16.5. The van der Waals surface area contributed by atoms with Gasteiger partial charge in [-0.05, 0) is 30.2 Å². The molecule has 2 heterocycles. The van der Waals surface area contributed by atoms with E-state index in [0.717, 1.165) is 0 Å². The zero-order valence-electron chi connectivity index (χ0n) is 16.1. The summed E-state index contributed by atoms with van der Waals surface area (Å²) in [4.78, 5) is 9.90. The van der Waals surface area contributed by atoms with Gasteiger partial charge in [0, 0.05) is 5.41 Å². The van der Waals surface area contributed by atoms with Crippen molar-refractivity contribution in [3.05, 3.63) is 90.0 Å². The lowest BCUT2D eigenvalue weighted by molar-refractivity contribution is 0.440. The fourth-order valence-corrected chi connectivity index (χ4v) is 3.00. The van der Waals surface area contributed by atoms with Crippen LogP contribution in [0.5, 0.6) is 11.8 Å². The van der Waals surface area contributed by atoms with Crippen LogP contribution in [-0.4, -0.2) is 25.0 Å². The first-order valence-corrected chi connectivity index (χ1v) is 9.07. The molecule has 0 saturated carbocycles. The van der Waals surface area contributed by atoms with Crippen molar-refractivity contribution < 1.29 is 4.74 Å². The van der Waals surface area contributed by atoms with Gasteiger partial charge in [0.2, 0.25) is 0 Å². The number of nitrogens with zero attached hydrogens (tertiary/aromatic N) is 5. The van der Waals surface area contributed by atoms with E-state index in [-0.39, 0.29) is 11.4 Å². The second kappa shape index (κ2) is 7.23. The molecule has 6 heteroatoms. The Kier molecular flexibility index (Phi) is 4.61. The van der Waals surface area contributed by atoms with Crippen molar-refractivity contribution >= 4 is 0 Å². The van der Waals surface area contributed by atoms with Crippen LogP contribution in [0.1, 0.15) is 30.5 Å². The highest BCUT2D eigenvalue weighted by molar-refractivity contribution is 5.41. The summed E-state index contributed by atoms with van der Waals surface area (Å²) in [5.41, 5.74) is 4.33. The maximum absolute atomic E-state index is 5.77. The van der Waals surface area contributed by atoms with Gasteiger partial charge in [-0.3, -0.25) is 0 Å². The third-order valence-electron chi connectivity index (χ3n) is 4.82. The van der Waals surface area contributed by atoms with E-state index in [1.807, 2.05) is 12.1 Å². The summed E-state index contributed by atoms with van der Waals surface area (Å²) in [6.07, 6.45) is 6.45. The lowest BCUT2D eigenvalue weighted by Crippen LogP contribution is -2.18. The lowest BCUT2D eigenvalue weighted by Gasteiger charge is -2.26. The molecule has 2 aromatic heterocycles. The standard InChI is InChI=1S/C22H21N5O/c1-16-4-6-17(7-5-16)22(2,3)18-8-10-20(11-9-18)28-21-23-14-19(15-24-21)27-25-12-13-26-27/h4-15H,1-3H3. The van der Waals surface area contributed by atoms with Gasteiger partial charge in [-0.15, -0.1) is 4.80 Å². The molecule has 4 aromatic rings. The van der Waals surface area contributed by atoms with Crippen molar-refractivity contribution in [2.24, 2.45) is 0 Å². The highest BCUT2D eigenvalue weighted by Crippen LogP contribution is 2.33. The molecule has 0 unspecified atom stereocenters. The zero-order valence-corrected chi connectivity index (χ0v) is 16.1. The van der Waals surface area contributed by atoms with Crippen LogP contribution in [0.4, 0.5) is 0 Å². The predicted octanol–water partition coefficient (Wildman–Crippen LogP) is 4.48. The van der Waals surface area contributed by atoms with Gasteiger partial charge < -0.3 is 4.74 Å². The Hall–Kier alpha value is -3.54. The number of rotatable bonds is 5. The lowest BCUT2D eigenvalue weighted by atomic mass is 9.78. The van der Waals surface area contributed by atoms with Crippen LogP contribution in [0.25, 0.3) is 5.69 Å². The van der Waals surface area contributed by atoms with E-state index < -0.39 is 0 Å². The molecule has 0 radical (unpaired) electrons. The first kappa shape index (κ1) is 17.9. The van der Waals surface area contributed by atoms with Crippen LogP contribution < -0.4 is 4.74 Å². The molecule has 140 valence electrons. The van der Waals surface area contributed by atoms with Gasteiger partial charge in [-0.2, -0.15) is 10.2 Å². The molecule has 2 aromatic carbocycles. The normalized spacial score (nSPS) is 11.4. The van der Waals surface area contributed by atoms with Gasteiger partial charge in [-0.1, -0.05) is 55.8 Å². The van der Waals surface area contributed by atoms with Gasteiger partial charge >= 0.3 is 6.01 Å². The van der Waals surface area contributed by atoms with Crippen LogP contribution in [0.3, 0.4) is 0 Å². The van der Waals surface area contributed by atoms with Crippen molar-refractivity contribution in [1.29, 1.82) is 0 Å². The number of hydrogen-bond donors (Lipinski definition) is 0. The Morgan fingerprint density at radius 2 is 1.32 bits per heavy atom. The van der Waals surface area contributed by atoms with Crippen LogP contribution in [0, 0.1) is 6.92 Å². The molecule has 0 spiro atoms. The van der Waals surface area contributed by atoms with Crippen LogP contribution in [-0.2, 0) is 5.41 Å². The van der Waals surface area contributed by atoms with Crippen LogP contribution in [0.2, 0.25) is 0 Å². The van der Waals surface area contributed by atoms with Gasteiger partial charge in [0.15, 0.2) is 0 Å². The topological polar surface area (TPSA) is 65.7 Å². The number of aromatic nitrogens is 5. The summed E-state index contributed by atoms with van der Waals surface area (Å²) in [5.74, 6) is 0.688. The van der Waals surface area contributed by atoms with Crippen molar-refractivity contribution in [2.45, 2.75) is 26.2 Å². The van der Waals surface area contributed by atoms with Crippen LogP contribution >= 0.6 is 0 Å². The second-order valence-electron chi connectivity index (χ2n) is 7.16. The van der Waals surface area contributed by atoms with E-state index in [1.54, 1.807) is 24.8 Å². The molecule has 0 amide bonds. The van der Waals surface area contributed by atoms with Gasteiger partial charge in [0.05, 0.1) is 24.8 Å². The molecule has 28 heavy (non-hydrogen) atoms. The third kappa shape index (κ3) is 3.62. The molecule has 0 saturated heterocycles. The number of benzene rings is 2. The Morgan fingerprint density at radius 3 is 1.89 bits per heavy atom. The number of ether oxygens (including phenoxy) is 1. The average Bonchev–Trinajstić information content (AvgIpc) is 3.24. The third-order valence-corrected chi connectivity index (χ3v) is 4.82. The van der Waals surface area contributed by atoms with Gasteiger partial charge in [0.25, 0.3) is 0 Å². The predicted molar refractivity (Wildman–Crippen MR) is 107 cm³/mol. The Labute approximate surface area is 163 Å². The quantitative estimate of drug-likeness (QED) is 0.517. The van der Waals surface area contributed by atoms with E-state index >= 15 is 0 Å². The molecule has 4 rings (SSSR count). The summed E-state index contributed by atoms with van der Waals surface area (Å²) in [6.45, 7) is 6.54. The van der Waals surface area contributed by atoms with Gasteiger partial charge in [0.1, 0.15) is 11.4 Å². The molecule has 0 fully saturated rings. The minimum Gasteiger partial charge on any atom is -0.424 e. The summed E-state index contributed by atoms with van der Waals surface area (Å²) in [6, 6.07) is 17.0. The van der Waals surface area contributed by atoms with Crippen molar-refractivity contribution in [1.82, 2.24) is 25.0 Å². The van der Waals surface area contributed by atoms with Crippen LogP contribution in [0.15, 0.2) is 73.3 Å². The van der Waals surface area contributed by atoms with Crippen molar-refractivity contribution in [2.75, 3.05) is 0 Å². The molecular weight excluding hydrogens is 350 g/mol. The molecular formula is C22H21N5O. The van der Waals surface area contributed by atoms with E-state index in [0.29, 0.717) is 11.4 Å². The molecule has 0 aliphatic heterocycles. The summed E-state index contributed by atoms with van der Waals surface area (Å²) < 4.78 is 5.77. The summed E-state index contributed by atoms with van der Waals surface area (Å²) >= 11 is 0. The first-order valence-electron chi connectivity index (χ1n) is 9.07. The molecule has 0 aliphatic rings. The second-order valence-corrected chi connectivity index (χ2v) is 7.16. The fraction of sp³-hybridized carbons (Fsp3) is 0.182. The van der Waals surface area contributed by atoms with Gasteiger partial charge in [-0.25, -0.2) is 9.97 Å². The van der Waals surface area contributed by atoms with E-state index in [9.17, 15) is 0 Å². The zero-order chi connectivity index (χ0) is 19.6.